The van der Waals surface area contributed by atoms with Crippen molar-refractivity contribution >= 4 is 5.97 Å². The number of hydrogen-bond donors (Lipinski definition) is 2. The van der Waals surface area contributed by atoms with E-state index in [1.807, 2.05) is 18.2 Å². The predicted octanol–water partition coefficient (Wildman–Crippen LogP) is 1.69. The van der Waals surface area contributed by atoms with Crippen LogP contribution in [0.15, 0.2) is 24.3 Å². The first kappa shape index (κ1) is 15.9. The second-order valence-electron chi connectivity index (χ2n) is 3.15. The van der Waals surface area contributed by atoms with E-state index in [4.69, 9.17) is 20.9 Å². The van der Waals surface area contributed by atoms with Crippen LogP contribution in [-0.2, 0) is 11.2 Å². The third-order valence-electron chi connectivity index (χ3n) is 1.73. The number of carboxylic acid groups (broad SMARTS) is 1. The van der Waals surface area contributed by atoms with E-state index in [9.17, 15) is 13.2 Å². The zero-order valence-electron chi connectivity index (χ0n) is 9.24. The number of carbonyl (C=O) groups is 1. The lowest BCUT2D eigenvalue weighted by Gasteiger charge is -1.96. The van der Waals surface area contributed by atoms with Crippen LogP contribution in [0.1, 0.15) is 11.1 Å². The number of nitrogens with zero attached hydrogens (tertiary/aromatic N) is 1. The lowest BCUT2D eigenvalue weighted by atomic mass is 10.1. The number of alkyl halides is 3. The Labute approximate surface area is 101 Å². The maximum Gasteiger partial charge on any atom is 0.490 e. The Morgan fingerprint density at radius 3 is 2.39 bits per heavy atom. The van der Waals surface area contributed by atoms with E-state index < -0.39 is 12.1 Å². The highest BCUT2D eigenvalue weighted by molar-refractivity contribution is 5.73. The molecule has 1 rings (SSSR count). The lowest BCUT2D eigenvalue weighted by molar-refractivity contribution is -0.192. The highest BCUT2D eigenvalue weighted by atomic mass is 19.4. The molecule has 1 aromatic rings. The Kier molecular flexibility index (Phi) is 6.45. The summed E-state index contributed by atoms with van der Waals surface area (Å²) in [6.45, 7) is 0.634. The second-order valence-corrected chi connectivity index (χ2v) is 3.15. The predicted molar refractivity (Wildman–Crippen MR) is 57.6 cm³/mol. The first-order valence-corrected chi connectivity index (χ1v) is 4.80. The maximum absolute atomic E-state index is 10.6. The van der Waals surface area contributed by atoms with Crippen molar-refractivity contribution in [2.24, 2.45) is 5.73 Å². The van der Waals surface area contributed by atoms with Gasteiger partial charge >= 0.3 is 12.1 Å². The Morgan fingerprint density at radius 2 is 2.00 bits per heavy atom. The van der Waals surface area contributed by atoms with Crippen LogP contribution in [0, 0.1) is 11.3 Å². The van der Waals surface area contributed by atoms with Crippen molar-refractivity contribution in [2.45, 2.75) is 12.6 Å². The topological polar surface area (TPSA) is 87.1 Å². The molecule has 0 atom stereocenters. The molecule has 0 aliphatic carbocycles. The standard InChI is InChI=1S/C9H10N2.C2HF3O2/c10-5-4-8-2-1-3-9(6-8)7-11;3-2(4,5)1(6)7/h1-3,6H,4-5,10H2;(H,6,7). The highest BCUT2D eigenvalue weighted by Gasteiger charge is 2.38. The Hall–Kier alpha value is -2.07. The van der Waals surface area contributed by atoms with E-state index in [0.717, 1.165) is 12.0 Å². The fraction of sp³-hybridized carbons (Fsp3) is 0.273. The molecule has 4 nitrogen and oxygen atoms in total. The van der Waals surface area contributed by atoms with Crippen molar-refractivity contribution < 1.29 is 23.1 Å². The third-order valence-corrected chi connectivity index (χ3v) is 1.73. The molecule has 0 aliphatic rings. The van der Waals surface area contributed by atoms with Crippen molar-refractivity contribution in [1.29, 1.82) is 5.26 Å². The largest absolute Gasteiger partial charge is 0.490 e. The molecule has 1 aromatic carbocycles. The molecule has 7 heteroatoms. The molecule has 18 heavy (non-hydrogen) atoms. The van der Waals surface area contributed by atoms with Gasteiger partial charge in [0.15, 0.2) is 0 Å². The van der Waals surface area contributed by atoms with Crippen molar-refractivity contribution in [3.05, 3.63) is 35.4 Å². The molecule has 0 fully saturated rings. The number of nitrogens with two attached hydrogens (primary N) is 1. The quantitative estimate of drug-likeness (QED) is 0.847. The highest BCUT2D eigenvalue weighted by Crippen LogP contribution is 2.13. The summed E-state index contributed by atoms with van der Waals surface area (Å²) >= 11 is 0. The van der Waals surface area contributed by atoms with Gasteiger partial charge in [-0.2, -0.15) is 18.4 Å². The van der Waals surface area contributed by atoms with Crippen LogP contribution in [0.3, 0.4) is 0 Å². The smallest absolute Gasteiger partial charge is 0.475 e. The molecule has 98 valence electrons. The molecule has 0 heterocycles. The summed E-state index contributed by atoms with van der Waals surface area (Å²) < 4.78 is 31.7. The van der Waals surface area contributed by atoms with E-state index in [-0.39, 0.29) is 0 Å². The van der Waals surface area contributed by atoms with Crippen molar-refractivity contribution in [3.8, 4) is 6.07 Å². The van der Waals surface area contributed by atoms with Crippen LogP contribution in [0.2, 0.25) is 0 Å². The van der Waals surface area contributed by atoms with Gasteiger partial charge in [0.25, 0.3) is 0 Å². The van der Waals surface area contributed by atoms with E-state index in [1.165, 1.54) is 0 Å². The third kappa shape index (κ3) is 6.50. The number of rotatable bonds is 2. The fourth-order valence-corrected chi connectivity index (χ4v) is 0.963. The molecule has 0 unspecified atom stereocenters. The van der Waals surface area contributed by atoms with Gasteiger partial charge in [-0.25, -0.2) is 4.79 Å². The fourth-order valence-electron chi connectivity index (χ4n) is 0.963. The molecule has 0 amide bonds. The zero-order chi connectivity index (χ0) is 14.2. The van der Waals surface area contributed by atoms with Crippen LogP contribution >= 0.6 is 0 Å². The normalized spacial score (nSPS) is 9.94. The second kappa shape index (κ2) is 7.29. The average Bonchev–Trinajstić information content (AvgIpc) is 2.29. The number of carboxylic acids is 1. The zero-order valence-corrected chi connectivity index (χ0v) is 9.24. The molecular formula is C11H11F3N2O2. The molecule has 0 radical (unpaired) electrons. The average molecular weight is 260 g/mol. The van der Waals surface area contributed by atoms with Crippen LogP contribution in [0.4, 0.5) is 13.2 Å². The Morgan fingerprint density at radius 1 is 1.44 bits per heavy atom. The lowest BCUT2D eigenvalue weighted by Crippen LogP contribution is -2.21. The minimum atomic E-state index is -5.08. The first-order valence-electron chi connectivity index (χ1n) is 4.80. The van der Waals surface area contributed by atoms with Gasteiger partial charge in [0, 0.05) is 0 Å². The summed E-state index contributed by atoms with van der Waals surface area (Å²) in [7, 11) is 0. The molecular weight excluding hydrogens is 249 g/mol. The molecule has 0 aromatic heterocycles. The van der Waals surface area contributed by atoms with Gasteiger partial charge < -0.3 is 10.8 Å². The molecule has 0 saturated heterocycles. The van der Waals surface area contributed by atoms with E-state index in [0.29, 0.717) is 12.1 Å². The van der Waals surface area contributed by atoms with Gasteiger partial charge in [0.1, 0.15) is 0 Å². The summed E-state index contributed by atoms with van der Waals surface area (Å²) in [4.78, 5) is 8.90. The summed E-state index contributed by atoms with van der Waals surface area (Å²) in [6.07, 6.45) is -4.24. The van der Waals surface area contributed by atoms with Crippen LogP contribution in [0.25, 0.3) is 0 Å². The van der Waals surface area contributed by atoms with Crippen LogP contribution in [-0.4, -0.2) is 23.8 Å². The first-order chi connectivity index (χ1) is 8.31. The molecule has 0 aliphatic heterocycles. The summed E-state index contributed by atoms with van der Waals surface area (Å²) in [5.41, 5.74) is 7.20. The molecule has 3 N–H and O–H groups in total. The van der Waals surface area contributed by atoms with Gasteiger partial charge in [0.2, 0.25) is 0 Å². The molecule has 0 bridgehead atoms. The van der Waals surface area contributed by atoms with Gasteiger partial charge in [-0.1, -0.05) is 12.1 Å². The number of hydrogen-bond acceptors (Lipinski definition) is 3. The number of halogens is 3. The van der Waals surface area contributed by atoms with Crippen molar-refractivity contribution in [2.75, 3.05) is 6.54 Å². The number of aliphatic carboxylic acids is 1. The summed E-state index contributed by atoms with van der Waals surface area (Å²) in [6, 6.07) is 9.60. The summed E-state index contributed by atoms with van der Waals surface area (Å²) in [5, 5.41) is 15.7. The van der Waals surface area contributed by atoms with Gasteiger partial charge in [-0.3, -0.25) is 0 Å². The van der Waals surface area contributed by atoms with E-state index >= 15 is 0 Å². The van der Waals surface area contributed by atoms with Gasteiger partial charge in [-0.05, 0) is 30.7 Å². The van der Waals surface area contributed by atoms with Gasteiger partial charge in [0.05, 0.1) is 11.6 Å². The monoisotopic (exact) mass is 260 g/mol. The minimum absolute atomic E-state index is 0.634. The SMILES string of the molecule is N#Cc1cccc(CCN)c1.O=C(O)C(F)(F)F. The number of nitriles is 1. The Balaban J connectivity index is 0.000000360. The van der Waals surface area contributed by atoms with Gasteiger partial charge in [-0.15, -0.1) is 0 Å². The van der Waals surface area contributed by atoms with Crippen molar-refractivity contribution in [1.82, 2.24) is 0 Å². The van der Waals surface area contributed by atoms with Crippen LogP contribution < -0.4 is 5.73 Å². The minimum Gasteiger partial charge on any atom is -0.475 e. The number of benzene rings is 1. The molecule has 0 saturated carbocycles. The van der Waals surface area contributed by atoms with Crippen LogP contribution in [0.5, 0.6) is 0 Å². The molecule has 0 spiro atoms. The maximum atomic E-state index is 10.6. The van der Waals surface area contributed by atoms with Crippen molar-refractivity contribution in [3.63, 3.8) is 0 Å². The van der Waals surface area contributed by atoms with E-state index in [2.05, 4.69) is 6.07 Å². The Bertz CT molecular complexity index is 439. The summed E-state index contributed by atoms with van der Waals surface area (Å²) in [5.74, 6) is -2.76. The van der Waals surface area contributed by atoms with E-state index in [1.54, 1.807) is 6.07 Å².